The van der Waals surface area contributed by atoms with Crippen LogP contribution in [0.5, 0.6) is 0 Å². The third kappa shape index (κ3) is 3.40. The highest BCUT2D eigenvalue weighted by Gasteiger charge is 2.13. The summed E-state index contributed by atoms with van der Waals surface area (Å²) in [6, 6.07) is 8.03. The summed E-state index contributed by atoms with van der Waals surface area (Å²) in [7, 11) is 0. The molecule has 120 valence electrons. The van der Waals surface area contributed by atoms with Gasteiger partial charge >= 0.3 is 0 Å². The van der Waals surface area contributed by atoms with Crippen molar-refractivity contribution in [2.45, 2.75) is 32.5 Å². The molecular weight excluding hydrogens is 328 g/mol. The molecule has 2 aromatic heterocycles. The van der Waals surface area contributed by atoms with Crippen LogP contribution in [0, 0.1) is 13.8 Å². The molecular formula is C16H18N4OS2. The van der Waals surface area contributed by atoms with Crippen LogP contribution in [0.25, 0.3) is 11.0 Å². The van der Waals surface area contributed by atoms with Gasteiger partial charge in [-0.15, -0.1) is 11.3 Å². The van der Waals surface area contributed by atoms with Crippen LogP contribution in [-0.4, -0.2) is 26.2 Å². The second-order valence-corrected chi connectivity index (χ2v) is 7.27. The molecule has 0 atom stereocenters. The van der Waals surface area contributed by atoms with Crippen LogP contribution >= 0.6 is 23.1 Å². The zero-order chi connectivity index (χ0) is 16.4. The molecule has 0 unspecified atom stereocenters. The number of fused-ring (bicyclic) bond motifs is 1. The zero-order valence-electron chi connectivity index (χ0n) is 13.3. The van der Waals surface area contributed by atoms with E-state index in [1.54, 1.807) is 0 Å². The van der Waals surface area contributed by atoms with E-state index in [1.807, 2.05) is 32.0 Å². The van der Waals surface area contributed by atoms with Crippen LogP contribution < -0.4 is 5.32 Å². The maximum Gasteiger partial charge on any atom is 0.236 e. The molecule has 1 amide bonds. The van der Waals surface area contributed by atoms with Gasteiger partial charge in [-0.05, 0) is 32.9 Å². The number of carbonyl (C=O) groups excluding carboxylic acids is 1. The summed E-state index contributed by atoms with van der Waals surface area (Å²) in [4.78, 5) is 22.2. The van der Waals surface area contributed by atoms with Gasteiger partial charge in [-0.25, -0.2) is 9.97 Å². The molecule has 5 nitrogen and oxygen atoms in total. The van der Waals surface area contributed by atoms with E-state index in [4.69, 9.17) is 0 Å². The van der Waals surface area contributed by atoms with Gasteiger partial charge in [0.15, 0.2) is 10.3 Å². The van der Waals surface area contributed by atoms with Gasteiger partial charge in [-0.2, -0.15) is 0 Å². The van der Waals surface area contributed by atoms with Crippen molar-refractivity contribution < 1.29 is 4.79 Å². The number of aromatic nitrogens is 3. The summed E-state index contributed by atoms with van der Waals surface area (Å²) in [5, 5.41) is 4.39. The average Bonchev–Trinajstić information content (AvgIpc) is 3.04. The lowest BCUT2D eigenvalue weighted by Crippen LogP contribution is -2.14. The van der Waals surface area contributed by atoms with E-state index >= 15 is 0 Å². The number of benzene rings is 1. The molecule has 3 rings (SSSR count). The molecule has 1 N–H and O–H groups in total. The number of para-hydroxylation sites is 2. The molecule has 3 aromatic rings. The fourth-order valence-electron chi connectivity index (χ4n) is 2.28. The highest BCUT2D eigenvalue weighted by molar-refractivity contribution is 7.99. The molecule has 0 spiro atoms. The lowest BCUT2D eigenvalue weighted by Gasteiger charge is -2.05. The van der Waals surface area contributed by atoms with Crippen LogP contribution in [-0.2, 0) is 11.3 Å². The Kier molecular flexibility index (Phi) is 4.68. The van der Waals surface area contributed by atoms with Crippen LogP contribution in [0.3, 0.4) is 0 Å². The van der Waals surface area contributed by atoms with Gasteiger partial charge in [0.2, 0.25) is 5.91 Å². The van der Waals surface area contributed by atoms with Crippen molar-refractivity contribution in [1.29, 1.82) is 0 Å². The lowest BCUT2D eigenvalue weighted by molar-refractivity contribution is -0.113. The van der Waals surface area contributed by atoms with Crippen molar-refractivity contribution in [2.24, 2.45) is 0 Å². The number of thioether (sulfide) groups is 1. The molecule has 0 radical (unpaired) electrons. The maximum absolute atomic E-state index is 12.1. The van der Waals surface area contributed by atoms with E-state index in [-0.39, 0.29) is 5.91 Å². The van der Waals surface area contributed by atoms with Crippen LogP contribution in [0.4, 0.5) is 5.13 Å². The number of hydrogen-bond acceptors (Lipinski definition) is 5. The Balaban J connectivity index is 1.69. The summed E-state index contributed by atoms with van der Waals surface area (Å²) in [6.07, 6.45) is 0. The molecule has 0 fully saturated rings. The molecule has 0 aliphatic rings. The molecule has 0 bridgehead atoms. The SMILES string of the molecule is CCn1c(SCC(=O)Nc2nc(C)c(C)s2)nc2ccccc21. The quantitative estimate of drug-likeness (QED) is 0.713. The van der Waals surface area contributed by atoms with Gasteiger partial charge in [-0.3, -0.25) is 4.79 Å². The van der Waals surface area contributed by atoms with Crippen molar-refractivity contribution in [3.05, 3.63) is 34.8 Å². The van der Waals surface area contributed by atoms with Gasteiger partial charge in [-0.1, -0.05) is 23.9 Å². The van der Waals surface area contributed by atoms with Crippen LogP contribution in [0.15, 0.2) is 29.4 Å². The Morgan fingerprint density at radius 2 is 2.09 bits per heavy atom. The number of anilines is 1. The summed E-state index contributed by atoms with van der Waals surface area (Å²) in [5.41, 5.74) is 3.03. The second kappa shape index (κ2) is 6.72. The number of imidazole rings is 1. The highest BCUT2D eigenvalue weighted by atomic mass is 32.2. The standard InChI is InChI=1S/C16H18N4OS2/c1-4-20-13-8-6-5-7-12(13)18-16(20)22-9-14(21)19-15-17-10(2)11(3)23-15/h5-8H,4,9H2,1-3H3,(H,17,19,21). The first kappa shape index (κ1) is 16.0. The summed E-state index contributed by atoms with van der Waals surface area (Å²) in [6.45, 7) is 6.86. The number of carbonyl (C=O) groups is 1. The van der Waals surface area contributed by atoms with Gasteiger partial charge < -0.3 is 9.88 Å². The Bertz CT molecular complexity index is 834. The normalized spacial score (nSPS) is 11.1. The third-order valence-corrected chi connectivity index (χ3v) is 5.51. The molecule has 2 heterocycles. The Hall–Kier alpha value is -1.86. The summed E-state index contributed by atoms with van der Waals surface area (Å²) >= 11 is 2.96. The highest BCUT2D eigenvalue weighted by Crippen LogP contribution is 2.25. The maximum atomic E-state index is 12.1. The number of amides is 1. The fourth-order valence-corrected chi connectivity index (χ4v) is 3.99. The third-order valence-electron chi connectivity index (χ3n) is 3.54. The van der Waals surface area contributed by atoms with Gasteiger partial charge in [0.25, 0.3) is 0 Å². The molecule has 0 aliphatic carbocycles. The van der Waals surface area contributed by atoms with Crippen molar-refractivity contribution >= 4 is 45.2 Å². The van der Waals surface area contributed by atoms with Crippen molar-refractivity contribution in [3.8, 4) is 0 Å². The van der Waals surface area contributed by atoms with Crippen LogP contribution in [0.2, 0.25) is 0 Å². The van der Waals surface area contributed by atoms with E-state index in [0.717, 1.165) is 33.3 Å². The minimum Gasteiger partial charge on any atom is -0.319 e. The summed E-state index contributed by atoms with van der Waals surface area (Å²) in [5.74, 6) is 0.263. The zero-order valence-corrected chi connectivity index (χ0v) is 14.9. The van der Waals surface area contributed by atoms with Crippen LogP contribution in [0.1, 0.15) is 17.5 Å². The van der Waals surface area contributed by atoms with Crippen molar-refractivity contribution in [3.63, 3.8) is 0 Å². The van der Waals surface area contributed by atoms with Crippen molar-refractivity contribution in [1.82, 2.24) is 14.5 Å². The first-order chi connectivity index (χ1) is 11.1. The molecule has 0 saturated carbocycles. The minimum absolute atomic E-state index is 0.0570. The first-order valence-electron chi connectivity index (χ1n) is 7.40. The van der Waals surface area contributed by atoms with E-state index in [9.17, 15) is 4.79 Å². The predicted octanol–water partition coefficient (Wildman–Crippen LogP) is 3.86. The Morgan fingerprint density at radius 3 is 2.78 bits per heavy atom. The molecule has 0 aliphatic heterocycles. The van der Waals surface area contributed by atoms with E-state index in [2.05, 4.69) is 32.8 Å². The smallest absolute Gasteiger partial charge is 0.236 e. The van der Waals surface area contributed by atoms with E-state index in [1.165, 1.54) is 23.1 Å². The first-order valence-corrected chi connectivity index (χ1v) is 9.20. The van der Waals surface area contributed by atoms with E-state index in [0.29, 0.717) is 10.9 Å². The molecule has 23 heavy (non-hydrogen) atoms. The predicted molar refractivity (Wildman–Crippen MR) is 96.3 cm³/mol. The monoisotopic (exact) mass is 346 g/mol. The molecule has 7 heteroatoms. The van der Waals surface area contributed by atoms with Gasteiger partial charge in [0.05, 0.1) is 22.5 Å². The number of thiazole rings is 1. The molecule has 0 saturated heterocycles. The number of nitrogens with zero attached hydrogens (tertiary/aromatic N) is 3. The van der Waals surface area contributed by atoms with E-state index < -0.39 is 0 Å². The topological polar surface area (TPSA) is 59.8 Å². The van der Waals surface area contributed by atoms with Gasteiger partial charge in [0.1, 0.15) is 0 Å². The number of hydrogen-bond donors (Lipinski definition) is 1. The average molecular weight is 346 g/mol. The summed E-state index contributed by atoms with van der Waals surface area (Å²) < 4.78 is 2.13. The second-order valence-electron chi connectivity index (χ2n) is 5.12. The fraction of sp³-hybridized carbons (Fsp3) is 0.312. The largest absolute Gasteiger partial charge is 0.319 e. The Labute approximate surface area is 143 Å². The number of rotatable bonds is 5. The number of aryl methyl sites for hydroxylation is 3. The van der Waals surface area contributed by atoms with Gasteiger partial charge in [0, 0.05) is 11.4 Å². The number of nitrogens with one attached hydrogen (secondary N) is 1. The molecule has 1 aromatic carbocycles. The van der Waals surface area contributed by atoms with Crippen molar-refractivity contribution in [2.75, 3.05) is 11.1 Å². The Morgan fingerprint density at radius 1 is 1.30 bits per heavy atom. The lowest BCUT2D eigenvalue weighted by atomic mass is 10.3. The minimum atomic E-state index is -0.0570.